The van der Waals surface area contributed by atoms with Crippen molar-refractivity contribution in [3.63, 3.8) is 0 Å². The van der Waals surface area contributed by atoms with Crippen LogP contribution in [-0.4, -0.2) is 0 Å². The summed E-state index contributed by atoms with van der Waals surface area (Å²) in [6.07, 6.45) is 0.780. The van der Waals surface area contributed by atoms with Crippen LogP contribution in [0.5, 0.6) is 0 Å². The molecule has 1 heterocycles. The van der Waals surface area contributed by atoms with Crippen LogP contribution in [0, 0.1) is 12.7 Å². The van der Waals surface area contributed by atoms with Crippen LogP contribution in [-0.2, 0) is 6.42 Å². The minimum atomic E-state index is -0.211. The van der Waals surface area contributed by atoms with Crippen LogP contribution in [0.25, 0.3) is 0 Å². The molecule has 0 aliphatic carbocycles. The van der Waals surface area contributed by atoms with Gasteiger partial charge in [-0.1, -0.05) is 6.07 Å². The van der Waals surface area contributed by atoms with Gasteiger partial charge in [0, 0.05) is 27.2 Å². The zero-order chi connectivity index (χ0) is 12.4. The van der Waals surface area contributed by atoms with Gasteiger partial charge in [0.2, 0.25) is 0 Å². The topological polar surface area (TPSA) is 26.0 Å². The molecule has 0 spiro atoms. The molecule has 4 heteroatoms. The van der Waals surface area contributed by atoms with Crippen molar-refractivity contribution in [2.75, 3.05) is 0 Å². The second-order valence-corrected chi connectivity index (χ2v) is 5.95. The van der Waals surface area contributed by atoms with Gasteiger partial charge in [-0.2, -0.15) is 0 Å². The number of hydrogen-bond acceptors (Lipinski definition) is 2. The second-order valence-electron chi connectivity index (χ2n) is 4.04. The van der Waals surface area contributed by atoms with Crippen molar-refractivity contribution in [3.05, 3.63) is 55.9 Å². The minimum Gasteiger partial charge on any atom is -0.324 e. The lowest BCUT2D eigenvalue weighted by Crippen LogP contribution is -2.14. The molecular formula is C13H13BrFNS. The van der Waals surface area contributed by atoms with Crippen LogP contribution in [0.4, 0.5) is 4.39 Å². The van der Waals surface area contributed by atoms with E-state index >= 15 is 0 Å². The fourth-order valence-electron chi connectivity index (χ4n) is 1.84. The van der Waals surface area contributed by atoms with Crippen LogP contribution in [0.3, 0.4) is 0 Å². The smallest absolute Gasteiger partial charge is 0.123 e. The largest absolute Gasteiger partial charge is 0.324 e. The Morgan fingerprint density at radius 1 is 1.41 bits per heavy atom. The van der Waals surface area contributed by atoms with Gasteiger partial charge in [0.1, 0.15) is 5.82 Å². The predicted octanol–water partition coefficient (Wildman–Crippen LogP) is 4.20. The average molecular weight is 314 g/mol. The lowest BCUT2D eigenvalue weighted by atomic mass is 9.99. The van der Waals surface area contributed by atoms with Gasteiger partial charge in [0.15, 0.2) is 0 Å². The maximum atomic E-state index is 13.0. The van der Waals surface area contributed by atoms with Crippen LogP contribution in [0.15, 0.2) is 34.1 Å². The summed E-state index contributed by atoms with van der Waals surface area (Å²) >= 11 is 5.10. The number of hydrogen-bond donors (Lipinski definition) is 1. The van der Waals surface area contributed by atoms with Crippen molar-refractivity contribution in [3.8, 4) is 0 Å². The highest BCUT2D eigenvalue weighted by atomic mass is 79.9. The summed E-state index contributed by atoms with van der Waals surface area (Å²) in [7, 11) is 0. The van der Waals surface area contributed by atoms with Gasteiger partial charge in [-0.3, -0.25) is 0 Å². The Kier molecular flexibility index (Phi) is 3.97. The Labute approximate surface area is 113 Å². The third-order valence-corrected chi connectivity index (χ3v) is 4.39. The van der Waals surface area contributed by atoms with Crippen molar-refractivity contribution in [1.29, 1.82) is 0 Å². The maximum absolute atomic E-state index is 13.0. The quantitative estimate of drug-likeness (QED) is 0.903. The molecule has 0 fully saturated rings. The SMILES string of the molecule is Cc1cc(F)ccc1C(N)Cc1cc(Br)cs1. The van der Waals surface area contributed by atoms with Crippen molar-refractivity contribution >= 4 is 27.3 Å². The first-order chi connectivity index (χ1) is 8.06. The summed E-state index contributed by atoms with van der Waals surface area (Å²) in [5.41, 5.74) is 8.08. The first-order valence-corrected chi connectivity index (χ1v) is 6.98. The number of thiophene rings is 1. The molecule has 1 unspecified atom stereocenters. The lowest BCUT2D eigenvalue weighted by molar-refractivity contribution is 0.622. The van der Waals surface area contributed by atoms with Gasteiger partial charge >= 0.3 is 0 Å². The maximum Gasteiger partial charge on any atom is 0.123 e. The van der Waals surface area contributed by atoms with E-state index in [4.69, 9.17) is 5.73 Å². The zero-order valence-corrected chi connectivity index (χ0v) is 11.8. The molecule has 0 radical (unpaired) electrons. The summed E-state index contributed by atoms with van der Waals surface area (Å²) in [4.78, 5) is 1.23. The Hall–Kier alpha value is -0.710. The predicted molar refractivity (Wildman–Crippen MR) is 73.8 cm³/mol. The van der Waals surface area contributed by atoms with Crippen molar-refractivity contribution in [2.24, 2.45) is 5.73 Å². The molecule has 0 saturated carbocycles. The average Bonchev–Trinajstić information content (AvgIpc) is 2.63. The van der Waals surface area contributed by atoms with Crippen molar-refractivity contribution < 1.29 is 4.39 Å². The van der Waals surface area contributed by atoms with Gasteiger partial charge in [-0.05, 0) is 52.2 Å². The highest BCUT2D eigenvalue weighted by molar-refractivity contribution is 9.10. The molecule has 0 bridgehead atoms. The van der Waals surface area contributed by atoms with Crippen molar-refractivity contribution in [2.45, 2.75) is 19.4 Å². The van der Waals surface area contributed by atoms with Gasteiger partial charge < -0.3 is 5.73 Å². The fourth-order valence-corrected chi connectivity index (χ4v) is 3.35. The molecule has 1 aromatic heterocycles. The molecule has 17 heavy (non-hydrogen) atoms. The number of nitrogens with two attached hydrogens (primary N) is 1. The highest BCUT2D eigenvalue weighted by Crippen LogP contribution is 2.26. The molecule has 2 rings (SSSR count). The molecular weight excluding hydrogens is 301 g/mol. The molecule has 90 valence electrons. The van der Waals surface area contributed by atoms with Crippen molar-refractivity contribution in [1.82, 2.24) is 0 Å². The first kappa shape index (κ1) is 12.7. The van der Waals surface area contributed by atoms with E-state index in [1.54, 1.807) is 17.4 Å². The summed E-state index contributed by atoms with van der Waals surface area (Å²) < 4.78 is 14.1. The van der Waals surface area contributed by atoms with Gasteiger partial charge in [0.05, 0.1) is 0 Å². The van der Waals surface area contributed by atoms with E-state index in [1.165, 1.54) is 17.0 Å². The number of benzene rings is 1. The van der Waals surface area contributed by atoms with E-state index in [9.17, 15) is 4.39 Å². The number of halogens is 2. The molecule has 1 aromatic carbocycles. The standard InChI is InChI=1S/C13H13BrFNS/c1-8-4-10(15)2-3-12(8)13(16)6-11-5-9(14)7-17-11/h2-5,7,13H,6,16H2,1H3. The Morgan fingerprint density at radius 3 is 2.76 bits per heavy atom. The van der Waals surface area contributed by atoms with E-state index in [2.05, 4.69) is 22.0 Å². The third kappa shape index (κ3) is 3.15. The van der Waals surface area contributed by atoms with Crippen LogP contribution < -0.4 is 5.73 Å². The van der Waals surface area contributed by atoms with Gasteiger partial charge in [-0.25, -0.2) is 4.39 Å². The van der Waals surface area contributed by atoms with E-state index in [1.807, 2.05) is 12.3 Å². The monoisotopic (exact) mass is 313 g/mol. The summed E-state index contributed by atoms with van der Waals surface area (Å²) in [5, 5.41) is 2.04. The molecule has 0 aliphatic heterocycles. The van der Waals surface area contributed by atoms with Crippen LogP contribution in [0.1, 0.15) is 22.0 Å². The summed E-state index contributed by atoms with van der Waals surface area (Å²) in [6, 6.07) is 6.76. The Balaban J connectivity index is 2.17. The Bertz CT molecular complexity index is 524. The van der Waals surface area contributed by atoms with Gasteiger partial charge in [0.25, 0.3) is 0 Å². The third-order valence-electron chi connectivity index (χ3n) is 2.67. The van der Waals surface area contributed by atoms with Crippen LogP contribution >= 0.6 is 27.3 Å². The van der Waals surface area contributed by atoms with Crippen LogP contribution in [0.2, 0.25) is 0 Å². The molecule has 1 nitrogen and oxygen atoms in total. The minimum absolute atomic E-state index is 0.0823. The summed E-state index contributed by atoms with van der Waals surface area (Å²) in [6.45, 7) is 1.89. The normalized spacial score (nSPS) is 12.7. The number of aryl methyl sites for hydroxylation is 1. The molecule has 2 aromatic rings. The molecule has 2 N–H and O–H groups in total. The second kappa shape index (κ2) is 5.29. The molecule has 0 aliphatic rings. The molecule has 0 saturated heterocycles. The summed E-state index contributed by atoms with van der Waals surface area (Å²) in [5.74, 6) is -0.211. The van der Waals surface area contributed by atoms with E-state index in [0.717, 1.165) is 22.0 Å². The molecule has 1 atom stereocenters. The van der Waals surface area contributed by atoms with E-state index in [0.29, 0.717) is 0 Å². The van der Waals surface area contributed by atoms with E-state index < -0.39 is 0 Å². The van der Waals surface area contributed by atoms with Gasteiger partial charge in [-0.15, -0.1) is 11.3 Å². The zero-order valence-electron chi connectivity index (χ0n) is 9.41. The first-order valence-electron chi connectivity index (χ1n) is 5.31. The molecule has 0 amide bonds. The Morgan fingerprint density at radius 2 is 2.18 bits per heavy atom. The number of rotatable bonds is 3. The lowest BCUT2D eigenvalue weighted by Gasteiger charge is -2.13. The highest BCUT2D eigenvalue weighted by Gasteiger charge is 2.11. The fraction of sp³-hybridized carbons (Fsp3) is 0.231. The van der Waals surface area contributed by atoms with E-state index in [-0.39, 0.29) is 11.9 Å².